The van der Waals surface area contributed by atoms with Crippen molar-refractivity contribution in [1.82, 2.24) is 5.43 Å². The second-order valence-corrected chi connectivity index (χ2v) is 6.49. The molecule has 0 aliphatic rings. The Labute approximate surface area is 163 Å². The first kappa shape index (κ1) is 18.7. The molecule has 0 unspecified atom stereocenters. The molecule has 0 atom stereocenters. The highest BCUT2D eigenvalue weighted by atomic mass is 35.5. The van der Waals surface area contributed by atoms with Crippen molar-refractivity contribution in [3.63, 3.8) is 0 Å². The van der Waals surface area contributed by atoms with Crippen LogP contribution in [-0.4, -0.2) is 12.1 Å². The van der Waals surface area contributed by atoms with E-state index in [0.717, 1.165) is 11.1 Å². The predicted molar refractivity (Wildman–Crippen MR) is 108 cm³/mol. The molecule has 0 aliphatic heterocycles. The highest BCUT2D eigenvalue weighted by Gasteiger charge is 2.04. The van der Waals surface area contributed by atoms with E-state index in [4.69, 9.17) is 16.3 Å². The van der Waals surface area contributed by atoms with E-state index in [1.807, 2.05) is 31.2 Å². The highest BCUT2D eigenvalue weighted by Crippen LogP contribution is 2.15. The van der Waals surface area contributed by atoms with Gasteiger partial charge in [0.1, 0.15) is 12.4 Å². The van der Waals surface area contributed by atoms with Gasteiger partial charge in [-0.05, 0) is 54.4 Å². The largest absolute Gasteiger partial charge is 0.489 e. The summed E-state index contributed by atoms with van der Waals surface area (Å²) >= 11 is 5.91. The van der Waals surface area contributed by atoms with Gasteiger partial charge in [-0.25, -0.2) is 5.43 Å². The molecule has 0 bridgehead atoms. The summed E-state index contributed by atoms with van der Waals surface area (Å²) in [6.45, 7) is 2.53. The average Bonchev–Trinajstić information content (AvgIpc) is 2.68. The Balaban J connectivity index is 1.53. The Morgan fingerprint density at radius 3 is 2.52 bits per heavy atom. The first-order chi connectivity index (χ1) is 13.1. The summed E-state index contributed by atoms with van der Waals surface area (Å²) < 4.78 is 5.74. The molecule has 0 fully saturated rings. The van der Waals surface area contributed by atoms with Crippen LogP contribution in [0.3, 0.4) is 0 Å². The van der Waals surface area contributed by atoms with Gasteiger partial charge in [0.25, 0.3) is 5.91 Å². The van der Waals surface area contributed by atoms with Crippen LogP contribution in [0.15, 0.2) is 77.9 Å². The monoisotopic (exact) mass is 378 g/mol. The van der Waals surface area contributed by atoms with Crippen molar-refractivity contribution in [3.05, 3.63) is 100 Å². The molecule has 1 N–H and O–H groups in total. The number of amides is 1. The maximum Gasteiger partial charge on any atom is 0.271 e. The third-order valence-electron chi connectivity index (χ3n) is 3.87. The average molecular weight is 379 g/mol. The zero-order valence-electron chi connectivity index (χ0n) is 14.9. The van der Waals surface area contributed by atoms with Gasteiger partial charge in [-0.1, -0.05) is 53.6 Å². The number of carbonyl (C=O) groups is 1. The molecule has 3 aromatic carbocycles. The predicted octanol–water partition coefficient (Wildman–Crippen LogP) is 4.99. The van der Waals surface area contributed by atoms with Crippen molar-refractivity contribution in [2.45, 2.75) is 13.5 Å². The number of halogens is 1. The summed E-state index contributed by atoms with van der Waals surface area (Å²) in [4.78, 5) is 12.1. The summed E-state index contributed by atoms with van der Waals surface area (Å²) in [5.74, 6) is 0.410. The molecule has 1 amide bonds. The lowest BCUT2D eigenvalue weighted by molar-refractivity contribution is 0.0955. The third kappa shape index (κ3) is 5.69. The van der Waals surface area contributed by atoms with E-state index in [1.54, 1.807) is 42.6 Å². The van der Waals surface area contributed by atoms with E-state index in [1.165, 1.54) is 5.56 Å². The lowest BCUT2D eigenvalue weighted by Crippen LogP contribution is -2.17. The van der Waals surface area contributed by atoms with Gasteiger partial charge < -0.3 is 4.74 Å². The van der Waals surface area contributed by atoms with E-state index < -0.39 is 0 Å². The topological polar surface area (TPSA) is 50.7 Å². The van der Waals surface area contributed by atoms with Crippen LogP contribution in [0.4, 0.5) is 0 Å². The molecule has 27 heavy (non-hydrogen) atoms. The number of hydrazone groups is 1. The van der Waals surface area contributed by atoms with Crippen LogP contribution >= 0.6 is 11.6 Å². The van der Waals surface area contributed by atoms with E-state index in [0.29, 0.717) is 22.9 Å². The molecule has 136 valence electrons. The van der Waals surface area contributed by atoms with E-state index in [-0.39, 0.29) is 5.91 Å². The normalized spacial score (nSPS) is 10.7. The molecule has 4 nitrogen and oxygen atoms in total. The molecule has 0 saturated heterocycles. The SMILES string of the molecule is Cc1ccc(COc2ccc(C(=O)N/N=C/c3cccc(Cl)c3)cc2)cc1. The van der Waals surface area contributed by atoms with Crippen molar-refractivity contribution in [2.75, 3.05) is 0 Å². The summed E-state index contributed by atoms with van der Waals surface area (Å²) in [6.07, 6.45) is 1.54. The molecule has 3 rings (SSSR count). The molecule has 0 radical (unpaired) electrons. The fraction of sp³-hybridized carbons (Fsp3) is 0.0909. The molecule has 5 heteroatoms. The molecule has 0 aliphatic carbocycles. The van der Waals surface area contributed by atoms with Crippen molar-refractivity contribution < 1.29 is 9.53 Å². The highest BCUT2D eigenvalue weighted by molar-refractivity contribution is 6.30. The zero-order chi connectivity index (χ0) is 19.1. The van der Waals surface area contributed by atoms with Crippen LogP contribution in [-0.2, 0) is 6.61 Å². The van der Waals surface area contributed by atoms with Crippen LogP contribution < -0.4 is 10.2 Å². The van der Waals surface area contributed by atoms with Crippen molar-refractivity contribution in [3.8, 4) is 5.75 Å². The maximum absolute atomic E-state index is 12.1. The second kappa shape index (κ2) is 9.01. The number of benzene rings is 3. The fourth-order valence-electron chi connectivity index (χ4n) is 2.37. The number of aryl methyl sites for hydroxylation is 1. The van der Waals surface area contributed by atoms with E-state index in [9.17, 15) is 4.79 Å². The van der Waals surface area contributed by atoms with Gasteiger partial charge in [0.05, 0.1) is 6.21 Å². The summed E-state index contributed by atoms with van der Waals surface area (Å²) in [7, 11) is 0. The Hall–Kier alpha value is -3.11. The van der Waals surface area contributed by atoms with Crippen molar-refractivity contribution in [1.29, 1.82) is 0 Å². The Morgan fingerprint density at radius 2 is 1.81 bits per heavy atom. The van der Waals surface area contributed by atoms with Gasteiger partial charge >= 0.3 is 0 Å². The minimum absolute atomic E-state index is 0.293. The number of nitrogens with zero attached hydrogens (tertiary/aromatic N) is 1. The lowest BCUT2D eigenvalue weighted by Gasteiger charge is -2.07. The van der Waals surface area contributed by atoms with E-state index >= 15 is 0 Å². The minimum Gasteiger partial charge on any atom is -0.489 e. The summed E-state index contributed by atoms with van der Waals surface area (Å²) in [5.41, 5.74) is 6.12. The summed E-state index contributed by atoms with van der Waals surface area (Å²) in [6, 6.07) is 22.3. The van der Waals surface area contributed by atoms with Gasteiger partial charge in [-0.15, -0.1) is 0 Å². The Morgan fingerprint density at radius 1 is 1.07 bits per heavy atom. The number of ether oxygens (including phenoxy) is 1. The quantitative estimate of drug-likeness (QED) is 0.485. The number of carbonyl (C=O) groups excluding carboxylic acids is 1. The molecular formula is C22H19ClN2O2. The molecule has 3 aromatic rings. The van der Waals surface area contributed by atoms with Crippen molar-refractivity contribution in [2.24, 2.45) is 5.10 Å². The van der Waals surface area contributed by atoms with Crippen LogP contribution in [0.1, 0.15) is 27.0 Å². The van der Waals surface area contributed by atoms with Gasteiger partial charge in [-0.3, -0.25) is 4.79 Å². The second-order valence-electron chi connectivity index (χ2n) is 6.05. The van der Waals surface area contributed by atoms with Gasteiger partial charge in [-0.2, -0.15) is 5.10 Å². The molecule has 0 aromatic heterocycles. The van der Waals surface area contributed by atoms with Crippen molar-refractivity contribution >= 4 is 23.7 Å². The van der Waals surface area contributed by atoms with E-state index in [2.05, 4.69) is 22.7 Å². The third-order valence-corrected chi connectivity index (χ3v) is 4.11. The van der Waals surface area contributed by atoms with Gasteiger partial charge in [0.15, 0.2) is 0 Å². The van der Waals surface area contributed by atoms with Gasteiger partial charge in [0.2, 0.25) is 0 Å². The van der Waals surface area contributed by atoms with Crippen LogP contribution in [0, 0.1) is 6.92 Å². The number of hydrogen-bond donors (Lipinski definition) is 1. The fourth-order valence-corrected chi connectivity index (χ4v) is 2.57. The Kier molecular flexibility index (Phi) is 6.23. The van der Waals surface area contributed by atoms with Crippen LogP contribution in [0.2, 0.25) is 5.02 Å². The lowest BCUT2D eigenvalue weighted by atomic mass is 10.2. The molecular weight excluding hydrogens is 360 g/mol. The number of nitrogens with one attached hydrogen (secondary N) is 1. The molecule has 0 heterocycles. The zero-order valence-corrected chi connectivity index (χ0v) is 15.6. The number of hydrogen-bond acceptors (Lipinski definition) is 3. The molecule has 0 saturated carbocycles. The summed E-state index contributed by atoms with van der Waals surface area (Å²) in [5, 5.41) is 4.57. The van der Waals surface area contributed by atoms with Crippen LogP contribution in [0.5, 0.6) is 5.75 Å². The van der Waals surface area contributed by atoms with Gasteiger partial charge in [0, 0.05) is 10.6 Å². The first-order valence-electron chi connectivity index (χ1n) is 8.47. The maximum atomic E-state index is 12.1. The smallest absolute Gasteiger partial charge is 0.271 e. The van der Waals surface area contributed by atoms with Crippen LogP contribution in [0.25, 0.3) is 0 Å². The number of rotatable bonds is 6. The standard InChI is InChI=1S/C22H19ClN2O2/c1-16-5-7-17(8-6-16)15-27-21-11-9-19(10-12-21)22(26)25-24-14-18-3-2-4-20(23)13-18/h2-14H,15H2,1H3,(H,25,26)/b24-14+. The molecule has 0 spiro atoms. The minimum atomic E-state index is -0.293. The first-order valence-corrected chi connectivity index (χ1v) is 8.85. The Bertz CT molecular complexity index is 935.